The van der Waals surface area contributed by atoms with Gasteiger partial charge >= 0.3 is 0 Å². The van der Waals surface area contributed by atoms with E-state index in [1.165, 1.54) is 0 Å². The van der Waals surface area contributed by atoms with E-state index in [4.69, 9.17) is 14.2 Å². The Kier molecular flexibility index (Phi) is 4.12. The zero-order valence-electron chi connectivity index (χ0n) is 13.6. The Hall–Kier alpha value is -2.85. The molecule has 3 aliphatic heterocycles. The van der Waals surface area contributed by atoms with Crippen LogP contribution >= 0.6 is 0 Å². The van der Waals surface area contributed by atoms with E-state index in [0.29, 0.717) is 42.8 Å². The molecule has 0 atom stereocenters. The van der Waals surface area contributed by atoms with Crippen molar-refractivity contribution in [2.75, 3.05) is 39.5 Å². The summed E-state index contributed by atoms with van der Waals surface area (Å²) in [6.07, 6.45) is 1.66. The van der Waals surface area contributed by atoms with Crippen molar-refractivity contribution in [1.82, 2.24) is 9.88 Å². The van der Waals surface area contributed by atoms with Gasteiger partial charge in [0.25, 0.3) is 0 Å². The molecular weight excluding hydrogens is 322 g/mol. The lowest BCUT2D eigenvalue weighted by Crippen LogP contribution is -2.53. The standard InChI is InChI=1S/C18H17N3O4/c19-7-14-5-13-1-2-20-18-15(13)6-16(14)24-4-3-23-11-17(22)21-8-12(9-21)10-25-18/h1-2,5-6,12H,3-4,8-11H2. The molecular formula is C18H17N3O4. The van der Waals surface area contributed by atoms with Gasteiger partial charge in [0.05, 0.1) is 18.8 Å². The third kappa shape index (κ3) is 3.08. The number of pyridine rings is 1. The number of fused-ring (bicyclic) bond motifs is 6. The minimum Gasteiger partial charge on any atom is -0.490 e. The molecule has 0 N–H and O–H groups in total. The van der Waals surface area contributed by atoms with Crippen LogP contribution < -0.4 is 9.47 Å². The van der Waals surface area contributed by atoms with Crippen LogP contribution in [0, 0.1) is 17.2 Å². The van der Waals surface area contributed by atoms with Crippen molar-refractivity contribution in [3.8, 4) is 17.7 Å². The Balaban J connectivity index is 1.67. The largest absolute Gasteiger partial charge is 0.490 e. The van der Waals surface area contributed by atoms with Crippen LogP contribution in [0.25, 0.3) is 10.8 Å². The Bertz CT molecular complexity index is 855. The van der Waals surface area contributed by atoms with Crippen molar-refractivity contribution in [2.45, 2.75) is 0 Å². The zero-order chi connectivity index (χ0) is 17.2. The van der Waals surface area contributed by atoms with E-state index in [0.717, 1.165) is 10.8 Å². The van der Waals surface area contributed by atoms with Gasteiger partial charge in [-0.25, -0.2) is 4.98 Å². The van der Waals surface area contributed by atoms with Crippen molar-refractivity contribution in [3.63, 3.8) is 0 Å². The summed E-state index contributed by atoms with van der Waals surface area (Å²) in [6.45, 7) is 2.42. The SMILES string of the molecule is N#Cc1cc2ccnc3c2cc1OCCOCC(=O)N1CC(CO3)C1. The average Bonchev–Trinajstić information content (AvgIpc) is 2.59. The number of amides is 1. The van der Waals surface area contributed by atoms with E-state index in [1.54, 1.807) is 23.2 Å². The van der Waals surface area contributed by atoms with Gasteiger partial charge in [0, 0.05) is 30.6 Å². The monoisotopic (exact) mass is 339 g/mol. The summed E-state index contributed by atoms with van der Waals surface area (Å²) in [5.74, 6) is 1.25. The van der Waals surface area contributed by atoms with E-state index in [1.807, 2.05) is 6.07 Å². The van der Waals surface area contributed by atoms with Crippen LogP contribution in [0.3, 0.4) is 0 Å². The molecule has 4 heterocycles. The summed E-state index contributed by atoms with van der Waals surface area (Å²) in [5, 5.41) is 11.0. The summed E-state index contributed by atoms with van der Waals surface area (Å²) < 4.78 is 16.9. The normalized spacial score (nSPS) is 18.5. The lowest BCUT2D eigenvalue weighted by atomic mass is 10.0. The third-order valence-corrected chi connectivity index (χ3v) is 4.42. The van der Waals surface area contributed by atoms with Gasteiger partial charge in [0.1, 0.15) is 25.0 Å². The Labute approximate surface area is 144 Å². The van der Waals surface area contributed by atoms with Gasteiger partial charge < -0.3 is 19.1 Å². The highest BCUT2D eigenvalue weighted by molar-refractivity contribution is 5.89. The van der Waals surface area contributed by atoms with E-state index in [2.05, 4.69) is 11.1 Å². The van der Waals surface area contributed by atoms with Crippen LogP contribution in [0.1, 0.15) is 5.56 Å². The maximum Gasteiger partial charge on any atom is 0.248 e. The van der Waals surface area contributed by atoms with Gasteiger partial charge in [-0.05, 0) is 23.6 Å². The Morgan fingerprint density at radius 3 is 2.96 bits per heavy atom. The fraction of sp³-hybridized carbons (Fsp3) is 0.389. The van der Waals surface area contributed by atoms with Gasteiger partial charge in [0.15, 0.2) is 0 Å². The average molecular weight is 339 g/mol. The summed E-state index contributed by atoms with van der Waals surface area (Å²) in [5.41, 5.74) is 0.443. The van der Waals surface area contributed by atoms with Gasteiger partial charge in [-0.3, -0.25) is 4.79 Å². The fourth-order valence-electron chi connectivity index (χ4n) is 3.03. The predicted octanol–water partition coefficient (Wildman–Crippen LogP) is 1.35. The number of hydrogen-bond acceptors (Lipinski definition) is 6. The molecule has 7 heteroatoms. The molecule has 1 amide bonds. The van der Waals surface area contributed by atoms with Crippen molar-refractivity contribution in [3.05, 3.63) is 30.0 Å². The van der Waals surface area contributed by atoms with E-state index in [-0.39, 0.29) is 25.7 Å². The molecule has 0 spiro atoms. The van der Waals surface area contributed by atoms with Gasteiger partial charge in [-0.15, -0.1) is 0 Å². The molecule has 1 aromatic carbocycles. The minimum atomic E-state index is -0.0235. The van der Waals surface area contributed by atoms with Gasteiger partial charge in [-0.1, -0.05) is 0 Å². The Morgan fingerprint density at radius 2 is 2.12 bits per heavy atom. The zero-order valence-corrected chi connectivity index (χ0v) is 13.6. The number of nitrogens with zero attached hydrogens (tertiary/aromatic N) is 3. The second-order valence-corrected chi connectivity index (χ2v) is 6.17. The van der Waals surface area contributed by atoms with E-state index < -0.39 is 0 Å². The minimum absolute atomic E-state index is 0.0235. The molecule has 25 heavy (non-hydrogen) atoms. The lowest BCUT2D eigenvalue weighted by molar-refractivity contribution is -0.143. The first-order valence-corrected chi connectivity index (χ1v) is 8.18. The number of carbonyl (C=O) groups excluding carboxylic acids is 1. The first kappa shape index (κ1) is 15.7. The van der Waals surface area contributed by atoms with E-state index >= 15 is 0 Å². The topological polar surface area (TPSA) is 84.7 Å². The summed E-state index contributed by atoms with van der Waals surface area (Å²) >= 11 is 0. The number of ether oxygens (including phenoxy) is 3. The highest BCUT2D eigenvalue weighted by Gasteiger charge is 2.31. The van der Waals surface area contributed by atoms with Crippen molar-refractivity contribution >= 4 is 16.7 Å². The molecule has 3 aliphatic rings. The predicted molar refractivity (Wildman–Crippen MR) is 88.3 cm³/mol. The number of aromatic nitrogens is 1. The maximum atomic E-state index is 12.0. The molecule has 128 valence electrons. The van der Waals surface area contributed by atoms with Crippen LogP contribution in [0.5, 0.6) is 11.6 Å². The summed E-state index contributed by atoms with van der Waals surface area (Å²) in [6, 6.07) is 7.54. The molecule has 4 bridgehead atoms. The quantitative estimate of drug-likeness (QED) is 0.720. The number of nitriles is 1. The van der Waals surface area contributed by atoms with Crippen LogP contribution in [-0.4, -0.2) is 55.3 Å². The first-order chi connectivity index (χ1) is 12.2. The van der Waals surface area contributed by atoms with Crippen molar-refractivity contribution in [2.24, 2.45) is 5.92 Å². The lowest BCUT2D eigenvalue weighted by Gasteiger charge is -2.38. The first-order valence-electron chi connectivity index (χ1n) is 8.18. The van der Waals surface area contributed by atoms with Crippen molar-refractivity contribution < 1.29 is 19.0 Å². The second kappa shape index (κ2) is 6.57. The van der Waals surface area contributed by atoms with E-state index in [9.17, 15) is 10.1 Å². The molecule has 1 fully saturated rings. The molecule has 0 aliphatic carbocycles. The highest BCUT2D eigenvalue weighted by atomic mass is 16.5. The maximum absolute atomic E-state index is 12.0. The highest BCUT2D eigenvalue weighted by Crippen LogP contribution is 2.31. The summed E-state index contributed by atoms with van der Waals surface area (Å²) in [4.78, 5) is 18.0. The molecule has 5 rings (SSSR count). The number of carbonyl (C=O) groups is 1. The molecule has 2 aromatic rings. The van der Waals surface area contributed by atoms with Gasteiger partial charge in [-0.2, -0.15) is 5.26 Å². The molecule has 7 nitrogen and oxygen atoms in total. The molecule has 0 unspecified atom stereocenters. The second-order valence-electron chi connectivity index (χ2n) is 6.17. The fourth-order valence-corrected chi connectivity index (χ4v) is 3.03. The molecule has 0 saturated carbocycles. The van der Waals surface area contributed by atoms with Crippen molar-refractivity contribution in [1.29, 1.82) is 5.26 Å². The molecule has 1 saturated heterocycles. The number of hydrogen-bond donors (Lipinski definition) is 0. The van der Waals surface area contributed by atoms with Crippen LogP contribution in [0.2, 0.25) is 0 Å². The number of benzene rings is 1. The third-order valence-electron chi connectivity index (χ3n) is 4.42. The summed E-state index contributed by atoms with van der Waals surface area (Å²) in [7, 11) is 0. The van der Waals surface area contributed by atoms with Gasteiger partial charge in [0.2, 0.25) is 11.8 Å². The molecule has 0 radical (unpaired) electrons. The van der Waals surface area contributed by atoms with Crippen LogP contribution in [0.15, 0.2) is 24.4 Å². The number of rotatable bonds is 0. The van der Waals surface area contributed by atoms with Crippen LogP contribution in [0.4, 0.5) is 0 Å². The molecule has 1 aromatic heterocycles. The smallest absolute Gasteiger partial charge is 0.248 e. The van der Waals surface area contributed by atoms with Crippen LogP contribution in [-0.2, 0) is 9.53 Å². The Morgan fingerprint density at radius 1 is 1.24 bits per heavy atom.